The van der Waals surface area contributed by atoms with Crippen LogP contribution in [-0.2, 0) is 8.85 Å². The second-order valence-corrected chi connectivity index (χ2v) is 18.2. The summed E-state index contributed by atoms with van der Waals surface area (Å²) in [6, 6.07) is 11.7. The molecule has 1 aromatic rings. The molecule has 0 saturated heterocycles. The zero-order valence-corrected chi connectivity index (χ0v) is 18.7. The van der Waals surface area contributed by atoms with Crippen LogP contribution in [0.5, 0.6) is 0 Å². The van der Waals surface area contributed by atoms with Gasteiger partial charge in [0.1, 0.15) is 11.5 Å². The van der Waals surface area contributed by atoms with Gasteiger partial charge in [-0.1, -0.05) is 42.9 Å². The summed E-state index contributed by atoms with van der Waals surface area (Å²) in [5, 5.41) is 0. The lowest BCUT2D eigenvalue weighted by Gasteiger charge is -2.29. The zero-order valence-electron chi connectivity index (χ0n) is 15.3. The molecular formula is C17H32O2Si3. The highest BCUT2D eigenvalue weighted by atomic mass is 28.4. The predicted octanol–water partition coefficient (Wildman–Crippen LogP) is 5.08. The number of hydrogen-bond donors (Lipinski definition) is 0. The SMILES string of the molecule is C[SiH2]CCC(O[Si](C)(C)C)=C(O[Si](C)(C)C)c1ccccc1. The van der Waals surface area contributed by atoms with Crippen LogP contribution < -0.4 is 0 Å². The Bertz CT molecular complexity index is 485. The molecule has 0 spiro atoms. The summed E-state index contributed by atoms with van der Waals surface area (Å²) in [6.45, 7) is 15.8. The third-order valence-electron chi connectivity index (χ3n) is 2.88. The van der Waals surface area contributed by atoms with Crippen molar-refractivity contribution in [3.8, 4) is 0 Å². The fourth-order valence-corrected chi connectivity index (χ4v) is 4.54. The summed E-state index contributed by atoms with van der Waals surface area (Å²) < 4.78 is 12.9. The third-order valence-corrected chi connectivity index (χ3v) is 5.62. The Morgan fingerprint density at radius 2 is 1.45 bits per heavy atom. The monoisotopic (exact) mass is 352 g/mol. The second kappa shape index (κ2) is 8.17. The lowest BCUT2D eigenvalue weighted by atomic mass is 10.1. The van der Waals surface area contributed by atoms with Gasteiger partial charge in [-0.3, -0.25) is 0 Å². The third kappa shape index (κ3) is 7.47. The molecule has 0 heterocycles. The first-order valence-corrected chi connectivity index (χ1v) is 17.5. The van der Waals surface area contributed by atoms with Gasteiger partial charge >= 0.3 is 0 Å². The molecule has 0 amide bonds. The average molecular weight is 353 g/mol. The van der Waals surface area contributed by atoms with Gasteiger partial charge in [-0.15, -0.1) is 0 Å². The highest BCUT2D eigenvalue weighted by Gasteiger charge is 2.25. The molecule has 0 bridgehead atoms. The standard InChI is InChI=1S/C17H32O2Si3/c1-20-14-13-16(18-21(2,3)4)17(19-22(5,6)7)15-11-9-8-10-12-15/h8-12H,13-14,20H2,1-7H3. The van der Waals surface area contributed by atoms with Crippen molar-refractivity contribution < 1.29 is 8.85 Å². The molecular weight excluding hydrogens is 320 g/mol. The van der Waals surface area contributed by atoms with Crippen LogP contribution in [0.1, 0.15) is 12.0 Å². The van der Waals surface area contributed by atoms with Gasteiger partial charge in [-0.25, -0.2) is 0 Å². The van der Waals surface area contributed by atoms with Crippen LogP contribution in [0.15, 0.2) is 36.1 Å². The second-order valence-electron chi connectivity index (χ2n) is 7.65. The Morgan fingerprint density at radius 1 is 0.909 bits per heavy atom. The van der Waals surface area contributed by atoms with Gasteiger partial charge in [-0.05, 0) is 39.3 Å². The van der Waals surface area contributed by atoms with Gasteiger partial charge in [0.05, 0.1) is 0 Å². The highest BCUT2D eigenvalue weighted by Crippen LogP contribution is 2.29. The molecule has 0 aromatic heterocycles. The van der Waals surface area contributed by atoms with E-state index < -0.39 is 16.6 Å². The topological polar surface area (TPSA) is 18.5 Å². The Labute approximate surface area is 141 Å². The zero-order chi connectivity index (χ0) is 16.8. The summed E-state index contributed by atoms with van der Waals surface area (Å²) >= 11 is 0. The molecule has 0 saturated carbocycles. The van der Waals surface area contributed by atoms with Crippen molar-refractivity contribution in [3.63, 3.8) is 0 Å². The van der Waals surface area contributed by atoms with Crippen molar-refractivity contribution in [1.29, 1.82) is 0 Å². The van der Waals surface area contributed by atoms with Crippen molar-refractivity contribution in [1.82, 2.24) is 0 Å². The quantitative estimate of drug-likeness (QED) is 0.479. The van der Waals surface area contributed by atoms with Gasteiger partial charge in [-0.2, -0.15) is 0 Å². The smallest absolute Gasteiger partial charge is 0.242 e. The number of benzene rings is 1. The maximum Gasteiger partial charge on any atom is 0.242 e. The van der Waals surface area contributed by atoms with Crippen LogP contribution in [0, 0.1) is 0 Å². The Hall–Kier alpha value is -0.789. The van der Waals surface area contributed by atoms with Crippen LogP contribution >= 0.6 is 0 Å². The van der Waals surface area contributed by atoms with Crippen LogP contribution in [-0.4, -0.2) is 26.2 Å². The van der Waals surface area contributed by atoms with E-state index in [9.17, 15) is 0 Å². The van der Waals surface area contributed by atoms with Gasteiger partial charge in [0.2, 0.25) is 16.6 Å². The highest BCUT2D eigenvalue weighted by molar-refractivity contribution is 6.71. The Morgan fingerprint density at radius 3 is 1.91 bits per heavy atom. The summed E-state index contributed by atoms with van der Waals surface area (Å²) in [5.41, 5.74) is 1.15. The summed E-state index contributed by atoms with van der Waals surface area (Å²) in [5.74, 6) is 2.08. The molecule has 0 radical (unpaired) electrons. The molecule has 0 atom stereocenters. The van der Waals surface area contributed by atoms with E-state index in [-0.39, 0.29) is 9.52 Å². The first kappa shape index (κ1) is 19.3. The van der Waals surface area contributed by atoms with E-state index in [4.69, 9.17) is 8.85 Å². The first-order valence-electron chi connectivity index (χ1n) is 8.29. The molecule has 0 aliphatic carbocycles. The molecule has 1 rings (SSSR count). The van der Waals surface area contributed by atoms with E-state index in [0.29, 0.717) is 0 Å². The lowest BCUT2D eigenvalue weighted by molar-refractivity contribution is 0.379. The number of allylic oxidation sites excluding steroid dienone is 1. The molecule has 22 heavy (non-hydrogen) atoms. The fourth-order valence-electron chi connectivity index (χ4n) is 2.09. The van der Waals surface area contributed by atoms with Crippen molar-refractivity contribution in [2.45, 2.75) is 58.3 Å². The summed E-state index contributed by atoms with van der Waals surface area (Å²) in [7, 11) is -3.32. The van der Waals surface area contributed by atoms with Gasteiger partial charge in [0.15, 0.2) is 0 Å². The van der Waals surface area contributed by atoms with Crippen LogP contribution in [0.25, 0.3) is 5.76 Å². The Balaban J connectivity index is 3.30. The van der Waals surface area contributed by atoms with E-state index in [2.05, 4.69) is 70.1 Å². The van der Waals surface area contributed by atoms with E-state index in [0.717, 1.165) is 23.5 Å². The van der Waals surface area contributed by atoms with Crippen molar-refractivity contribution in [3.05, 3.63) is 41.7 Å². The normalized spacial score (nSPS) is 14.1. The summed E-state index contributed by atoms with van der Waals surface area (Å²) in [4.78, 5) is 0. The molecule has 0 unspecified atom stereocenters. The van der Waals surface area contributed by atoms with Crippen molar-refractivity contribution in [2.75, 3.05) is 0 Å². The largest absolute Gasteiger partial charge is 0.545 e. The molecule has 0 fully saturated rings. The molecule has 2 nitrogen and oxygen atoms in total. The minimum Gasteiger partial charge on any atom is -0.545 e. The molecule has 0 aliphatic rings. The van der Waals surface area contributed by atoms with Gasteiger partial charge in [0, 0.05) is 21.5 Å². The Kier molecular flexibility index (Phi) is 7.15. The minimum atomic E-state index is -1.69. The van der Waals surface area contributed by atoms with E-state index in [1.165, 1.54) is 6.04 Å². The first-order chi connectivity index (χ1) is 10.1. The van der Waals surface area contributed by atoms with Gasteiger partial charge < -0.3 is 8.85 Å². The average Bonchev–Trinajstić information content (AvgIpc) is 2.40. The molecule has 0 N–H and O–H groups in total. The molecule has 0 aliphatic heterocycles. The van der Waals surface area contributed by atoms with Crippen molar-refractivity contribution in [2.24, 2.45) is 0 Å². The van der Waals surface area contributed by atoms with Crippen LogP contribution in [0.3, 0.4) is 0 Å². The molecule has 124 valence electrons. The minimum absolute atomic E-state index is 0.0215. The lowest BCUT2D eigenvalue weighted by Crippen LogP contribution is -2.29. The van der Waals surface area contributed by atoms with Crippen LogP contribution in [0.2, 0.25) is 51.9 Å². The number of rotatable bonds is 8. The van der Waals surface area contributed by atoms with Crippen molar-refractivity contribution >= 4 is 31.9 Å². The number of hydrogen-bond acceptors (Lipinski definition) is 2. The fraction of sp³-hybridized carbons (Fsp3) is 0.529. The van der Waals surface area contributed by atoms with E-state index in [1.807, 2.05) is 6.07 Å². The van der Waals surface area contributed by atoms with E-state index >= 15 is 0 Å². The van der Waals surface area contributed by atoms with E-state index in [1.54, 1.807) is 0 Å². The molecule has 5 heteroatoms. The van der Waals surface area contributed by atoms with Gasteiger partial charge in [0.25, 0.3) is 0 Å². The predicted molar refractivity (Wildman–Crippen MR) is 106 cm³/mol. The maximum absolute atomic E-state index is 6.46. The molecule has 1 aromatic carbocycles. The maximum atomic E-state index is 6.46. The van der Waals surface area contributed by atoms with Crippen LogP contribution in [0.4, 0.5) is 0 Å². The summed E-state index contributed by atoms with van der Waals surface area (Å²) in [6.07, 6.45) is 1.02.